The molecule has 0 bridgehead atoms. The van der Waals surface area contributed by atoms with Crippen LogP contribution >= 0.6 is 11.6 Å². The first-order valence-electron chi connectivity index (χ1n) is 6.22. The third kappa shape index (κ3) is 3.77. The quantitative estimate of drug-likeness (QED) is 0.805. The molecule has 0 N–H and O–H groups in total. The van der Waals surface area contributed by atoms with E-state index < -0.39 is 0 Å². The largest absolute Gasteiger partial charge is 0.493 e. The summed E-state index contributed by atoms with van der Waals surface area (Å²) in [6.07, 6.45) is 2.02. The molecule has 1 rings (SSSR count). The Morgan fingerprint density at radius 3 is 2.53 bits per heavy atom. The van der Waals surface area contributed by atoms with Crippen molar-refractivity contribution in [3.63, 3.8) is 0 Å². The molecule has 0 aromatic heterocycles. The van der Waals surface area contributed by atoms with Crippen LogP contribution in [-0.2, 0) is 0 Å². The Kier molecular flexibility index (Phi) is 5.96. The number of nitrogens with zero attached hydrogens (tertiary/aromatic N) is 1. The van der Waals surface area contributed by atoms with E-state index in [1.165, 1.54) is 14.2 Å². The zero-order valence-corrected chi connectivity index (χ0v) is 12.6. The minimum absolute atomic E-state index is 0.0729. The van der Waals surface area contributed by atoms with Crippen molar-refractivity contribution in [2.75, 3.05) is 27.8 Å². The van der Waals surface area contributed by atoms with Gasteiger partial charge in [0.25, 0.3) is 5.91 Å². The number of rotatable bonds is 6. The lowest BCUT2D eigenvalue weighted by Gasteiger charge is -2.18. The number of unbranched alkanes of at least 4 members (excludes halogenated alkanes) is 1. The van der Waals surface area contributed by atoms with E-state index in [0.717, 1.165) is 19.4 Å². The van der Waals surface area contributed by atoms with Crippen molar-refractivity contribution in [3.8, 4) is 11.5 Å². The van der Waals surface area contributed by atoms with Crippen LogP contribution in [0.1, 0.15) is 30.1 Å². The second-order valence-electron chi connectivity index (χ2n) is 4.27. The van der Waals surface area contributed by atoms with Crippen molar-refractivity contribution >= 4 is 17.5 Å². The molecule has 0 spiro atoms. The lowest BCUT2D eigenvalue weighted by Crippen LogP contribution is -2.27. The Hall–Kier alpha value is -1.42. The first kappa shape index (κ1) is 15.6. The molecule has 0 radical (unpaired) electrons. The van der Waals surface area contributed by atoms with Gasteiger partial charge in [0.2, 0.25) is 0 Å². The van der Waals surface area contributed by atoms with Crippen LogP contribution in [0.2, 0.25) is 5.02 Å². The van der Waals surface area contributed by atoms with Gasteiger partial charge in [0.1, 0.15) is 0 Å². The van der Waals surface area contributed by atoms with Crippen LogP contribution in [-0.4, -0.2) is 38.6 Å². The highest BCUT2D eigenvalue weighted by Crippen LogP contribution is 2.36. The predicted octanol–water partition coefficient (Wildman–Crippen LogP) is 3.23. The molecule has 1 amide bonds. The standard InChI is InChI=1S/C14H20ClNO3/c1-5-6-7-16(2)14(17)10-8-11(15)13(19-4)12(9-10)18-3/h8-9H,5-7H2,1-4H3. The second-order valence-corrected chi connectivity index (χ2v) is 4.68. The van der Waals surface area contributed by atoms with Gasteiger partial charge >= 0.3 is 0 Å². The molecule has 0 unspecified atom stereocenters. The Labute approximate surface area is 119 Å². The van der Waals surface area contributed by atoms with E-state index in [2.05, 4.69) is 6.92 Å². The monoisotopic (exact) mass is 285 g/mol. The Morgan fingerprint density at radius 1 is 1.32 bits per heavy atom. The van der Waals surface area contributed by atoms with Crippen LogP contribution in [0.3, 0.4) is 0 Å². The fourth-order valence-corrected chi connectivity index (χ4v) is 2.05. The molecule has 0 aliphatic rings. The number of carbonyl (C=O) groups is 1. The molecule has 0 aliphatic heterocycles. The fourth-order valence-electron chi connectivity index (χ4n) is 1.76. The number of ether oxygens (including phenoxy) is 2. The van der Waals surface area contributed by atoms with E-state index in [0.29, 0.717) is 22.1 Å². The summed E-state index contributed by atoms with van der Waals surface area (Å²) >= 11 is 6.09. The first-order chi connectivity index (χ1) is 9.04. The highest BCUT2D eigenvalue weighted by molar-refractivity contribution is 6.32. The summed E-state index contributed by atoms with van der Waals surface area (Å²) in [7, 11) is 4.81. The Morgan fingerprint density at radius 2 is 2.00 bits per heavy atom. The summed E-state index contributed by atoms with van der Waals surface area (Å²) in [6, 6.07) is 3.25. The second kappa shape index (κ2) is 7.24. The minimum Gasteiger partial charge on any atom is -0.493 e. The van der Waals surface area contributed by atoms with Gasteiger partial charge in [0, 0.05) is 19.2 Å². The van der Waals surface area contributed by atoms with E-state index in [-0.39, 0.29) is 5.91 Å². The van der Waals surface area contributed by atoms with Crippen LogP contribution in [0.15, 0.2) is 12.1 Å². The van der Waals surface area contributed by atoms with Crippen molar-refractivity contribution < 1.29 is 14.3 Å². The van der Waals surface area contributed by atoms with Gasteiger partial charge in [-0.15, -0.1) is 0 Å². The highest BCUT2D eigenvalue weighted by Gasteiger charge is 2.17. The van der Waals surface area contributed by atoms with Crippen molar-refractivity contribution in [1.82, 2.24) is 4.90 Å². The number of amides is 1. The maximum absolute atomic E-state index is 12.2. The van der Waals surface area contributed by atoms with Crippen LogP contribution < -0.4 is 9.47 Å². The summed E-state index contributed by atoms with van der Waals surface area (Å²) in [5, 5.41) is 0.370. The molecule has 0 heterocycles. The maximum Gasteiger partial charge on any atom is 0.253 e. The maximum atomic E-state index is 12.2. The van der Waals surface area contributed by atoms with E-state index in [1.807, 2.05) is 0 Å². The summed E-state index contributed by atoms with van der Waals surface area (Å²) in [5.74, 6) is 0.829. The van der Waals surface area contributed by atoms with Crippen LogP contribution in [0.4, 0.5) is 0 Å². The summed E-state index contributed by atoms with van der Waals surface area (Å²) < 4.78 is 10.3. The summed E-state index contributed by atoms with van der Waals surface area (Å²) in [4.78, 5) is 13.9. The van der Waals surface area contributed by atoms with Crippen LogP contribution in [0.25, 0.3) is 0 Å². The molecule has 0 fully saturated rings. The third-order valence-electron chi connectivity index (χ3n) is 2.87. The van der Waals surface area contributed by atoms with Crippen molar-refractivity contribution in [2.45, 2.75) is 19.8 Å². The van der Waals surface area contributed by atoms with Gasteiger partial charge in [-0.05, 0) is 18.6 Å². The van der Waals surface area contributed by atoms with Crippen molar-refractivity contribution in [2.24, 2.45) is 0 Å². The van der Waals surface area contributed by atoms with Gasteiger partial charge in [0.05, 0.1) is 19.2 Å². The topological polar surface area (TPSA) is 38.8 Å². The highest BCUT2D eigenvalue weighted by atomic mass is 35.5. The molecule has 0 saturated heterocycles. The lowest BCUT2D eigenvalue weighted by molar-refractivity contribution is 0.0793. The molecule has 5 heteroatoms. The van der Waals surface area contributed by atoms with E-state index >= 15 is 0 Å². The van der Waals surface area contributed by atoms with Crippen LogP contribution in [0.5, 0.6) is 11.5 Å². The lowest BCUT2D eigenvalue weighted by atomic mass is 10.1. The molecule has 1 aromatic rings. The normalized spacial score (nSPS) is 10.2. The number of methoxy groups -OCH3 is 2. The van der Waals surface area contributed by atoms with Gasteiger partial charge in [-0.25, -0.2) is 0 Å². The zero-order valence-electron chi connectivity index (χ0n) is 11.8. The van der Waals surface area contributed by atoms with E-state index in [1.54, 1.807) is 24.1 Å². The predicted molar refractivity (Wildman–Crippen MR) is 76.4 cm³/mol. The summed E-state index contributed by atoms with van der Waals surface area (Å²) in [6.45, 7) is 2.81. The first-order valence-corrected chi connectivity index (χ1v) is 6.59. The van der Waals surface area contributed by atoms with E-state index in [4.69, 9.17) is 21.1 Å². The van der Waals surface area contributed by atoms with Gasteiger partial charge in [0.15, 0.2) is 11.5 Å². The molecule has 19 heavy (non-hydrogen) atoms. The Bertz CT molecular complexity index is 449. The van der Waals surface area contributed by atoms with E-state index in [9.17, 15) is 4.79 Å². The average molecular weight is 286 g/mol. The summed E-state index contributed by atoms with van der Waals surface area (Å²) in [5.41, 5.74) is 0.501. The van der Waals surface area contributed by atoms with Crippen LogP contribution in [0, 0.1) is 0 Å². The molecule has 0 saturated carbocycles. The smallest absolute Gasteiger partial charge is 0.253 e. The number of carbonyl (C=O) groups excluding carboxylic acids is 1. The number of hydrogen-bond acceptors (Lipinski definition) is 3. The SMILES string of the molecule is CCCCN(C)C(=O)c1cc(Cl)c(OC)c(OC)c1. The number of halogens is 1. The van der Waals surface area contributed by atoms with Crippen molar-refractivity contribution in [3.05, 3.63) is 22.7 Å². The van der Waals surface area contributed by atoms with Gasteiger partial charge < -0.3 is 14.4 Å². The van der Waals surface area contributed by atoms with Gasteiger partial charge in [-0.1, -0.05) is 24.9 Å². The van der Waals surface area contributed by atoms with Crippen molar-refractivity contribution in [1.29, 1.82) is 0 Å². The minimum atomic E-state index is -0.0729. The Balaban J connectivity index is 3.01. The zero-order chi connectivity index (χ0) is 14.4. The van der Waals surface area contributed by atoms with Gasteiger partial charge in [-0.3, -0.25) is 4.79 Å². The van der Waals surface area contributed by atoms with Gasteiger partial charge in [-0.2, -0.15) is 0 Å². The molecule has 0 aliphatic carbocycles. The molecule has 0 atom stereocenters. The molecule has 1 aromatic carbocycles. The fraction of sp³-hybridized carbons (Fsp3) is 0.500. The average Bonchev–Trinajstić information content (AvgIpc) is 2.42. The molecular formula is C14H20ClNO3. The third-order valence-corrected chi connectivity index (χ3v) is 3.16. The molecule has 106 valence electrons. The molecule has 4 nitrogen and oxygen atoms in total. The molecular weight excluding hydrogens is 266 g/mol. The number of benzene rings is 1. The number of hydrogen-bond donors (Lipinski definition) is 0.